The molecule has 2 aromatic rings. The highest BCUT2D eigenvalue weighted by Crippen LogP contribution is 2.34. The van der Waals surface area contributed by atoms with Gasteiger partial charge in [0.05, 0.1) is 12.2 Å². The Labute approximate surface area is 162 Å². The van der Waals surface area contributed by atoms with Gasteiger partial charge in [-0.05, 0) is 28.0 Å². The first-order valence-electron chi connectivity index (χ1n) is 9.60. The van der Waals surface area contributed by atoms with E-state index in [2.05, 4.69) is 41.5 Å². The predicted molar refractivity (Wildman–Crippen MR) is 109 cm³/mol. The average Bonchev–Trinajstić information content (AvgIpc) is 3.42. The third-order valence-electron chi connectivity index (χ3n) is 4.90. The van der Waals surface area contributed by atoms with Crippen molar-refractivity contribution in [1.29, 1.82) is 0 Å². The van der Waals surface area contributed by atoms with Crippen molar-refractivity contribution in [3.63, 3.8) is 0 Å². The fraction of sp³-hybridized carbons (Fsp3) is 0.458. The van der Waals surface area contributed by atoms with Crippen LogP contribution in [-0.2, 0) is 15.6 Å². The van der Waals surface area contributed by atoms with Crippen LogP contribution in [0.25, 0.3) is 0 Å². The summed E-state index contributed by atoms with van der Waals surface area (Å²) >= 11 is 0. The summed E-state index contributed by atoms with van der Waals surface area (Å²) in [5, 5.41) is 0. The third-order valence-corrected chi connectivity index (χ3v) is 4.90. The van der Waals surface area contributed by atoms with Gasteiger partial charge in [-0.3, -0.25) is 4.79 Å². The SMILES string of the molecule is CC(C)(C)c1ccc(C(=O)c2c(OCC3CO3)cccc2C(C)(C)C)cc1. The molecule has 1 saturated heterocycles. The van der Waals surface area contributed by atoms with Crippen LogP contribution in [0.2, 0.25) is 0 Å². The van der Waals surface area contributed by atoms with Crippen molar-refractivity contribution >= 4 is 5.78 Å². The lowest BCUT2D eigenvalue weighted by Gasteiger charge is -2.24. The molecule has 3 nitrogen and oxygen atoms in total. The molecule has 0 bridgehead atoms. The summed E-state index contributed by atoms with van der Waals surface area (Å²) in [7, 11) is 0. The van der Waals surface area contributed by atoms with Crippen molar-refractivity contribution in [2.75, 3.05) is 13.2 Å². The van der Waals surface area contributed by atoms with Crippen LogP contribution < -0.4 is 4.74 Å². The van der Waals surface area contributed by atoms with Crippen molar-refractivity contribution < 1.29 is 14.3 Å². The first kappa shape index (κ1) is 19.6. The second-order valence-electron chi connectivity index (χ2n) is 9.35. The van der Waals surface area contributed by atoms with Gasteiger partial charge in [0.2, 0.25) is 0 Å². The summed E-state index contributed by atoms with van der Waals surface area (Å²) in [6.07, 6.45) is 0.150. The molecule has 0 spiro atoms. The molecule has 1 aliphatic heterocycles. The van der Waals surface area contributed by atoms with E-state index in [9.17, 15) is 4.79 Å². The maximum Gasteiger partial charge on any atom is 0.197 e. The summed E-state index contributed by atoms with van der Waals surface area (Å²) in [5.41, 5.74) is 3.46. The Morgan fingerprint density at radius 2 is 1.63 bits per heavy atom. The number of carbonyl (C=O) groups excluding carboxylic acids is 1. The number of ketones is 1. The van der Waals surface area contributed by atoms with Crippen molar-refractivity contribution in [2.24, 2.45) is 0 Å². The Balaban J connectivity index is 2.00. The quantitative estimate of drug-likeness (QED) is 0.533. The lowest BCUT2D eigenvalue weighted by Crippen LogP contribution is -2.19. The minimum Gasteiger partial charge on any atom is -0.490 e. The topological polar surface area (TPSA) is 38.8 Å². The van der Waals surface area contributed by atoms with E-state index >= 15 is 0 Å². The molecule has 1 fully saturated rings. The number of epoxide rings is 1. The highest BCUT2D eigenvalue weighted by atomic mass is 16.6. The fourth-order valence-electron chi connectivity index (χ4n) is 3.12. The molecule has 0 N–H and O–H groups in total. The maximum absolute atomic E-state index is 13.4. The van der Waals surface area contributed by atoms with Crippen LogP contribution in [0.15, 0.2) is 42.5 Å². The van der Waals surface area contributed by atoms with Crippen molar-refractivity contribution in [3.8, 4) is 5.75 Å². The van der Waals surface area contributed by atoms with E-state index in [1.807, 2.05) is 42.5 Å². The van der Waals surface area contributed by atoms with Crippen LogP contribution in [0, 0.1) is 0 Å². The summed E-state index contributed by atoms with van der Waals surface area (Å²) < 4.78 is 11.2. The van der Waals surface area contributed by atoms with Gasteiger partial charge < -0.3 is 9.47 Å². The van der Waals surface area contributed by atoms with Crippen LogP contribution in [0.4, 0.5) is 0 Å². The van der Waals surface area contributed by atoms with E-state index in [0.717, 1.165) is 12.2 Å². The van der Waals surface area contributed by atoms with Gasteiger partial charge in [0.15, 0.2) is 5.78 Å². The van der Waals surface area contributed by atoms with Gasteiger partial charge in [0.25, 0.3) is 0 Å². The van der Waals surface area contributed by atoms with Crippen molar-refractivity contribution in [1.82, 2.24) is 0 Å². The van der Waals surface area contributed by atoms with Crippen LogP contribution in [0.3, 0.4) is 0 Å². The van der Waals surface area contributed by atoms with Gasteiger partial charge in [-0.15, -0.1) is 0 Å². The molecule has 3 rings (SSSR count). The zero-order chi connectivity index (χ0) is 19.8. The number of hydrogen-bond donors (Lipinski definition) is 0. The zero-order valence-corrected chi connectivity index (χ0v) is 17.3. The number of hydrogen-bond acceptors (Lipinski definition) is 3. The zero-order valence-electron chi connectivity index (χ0n) is 17.3. The van der Waals surface area contributed by atoms with E-state index in [1.54, 1.807) is 0 Å². The number of benzene rings is 2. The molecule has 27 heavy (non-hydrogen) atoms. The van der Waals surface area contributed by atoms with Gasteiger partial charge in [-0.2, -0.15) is 0 Å². The lowest BCUT2D eigenvalue weighted by atomic mass is 9.81. The normalized spacial score (nSPS) is 16.9. The van der Waals surface area contributed by atoms with Crippen LogP contribution in [0.5, 0.6) is 5.75 Å². The van der Waals surface area contributed by atoms with Crippen molar-refractivity contribution in [2.45, 2.75) is 58.5 Å². The molecule has 0 aliphatic carbocycles. The minimum absolute atomic E-state index is 0.00713. The summed E-state index contributed by atoms with van der Waals surface area (Å²) in [4.78, 5) is 13.4. The smallest absolute Gasteiger partial charge is 0.197 e. The molecule has 0 amide bonds. The number of ether oxygens (including phenoxy) is 2. The van der Waals surface area contributed by atoms with E-state index in [4.69, 9.17) is 9.47 Å². The molecule has 1 aliphatic rings. The van der Waals surface area contributed by atoms with E-state index in [0.29, 0.717) is 23.5 Å². The highest BCUT2D eigenvalue weighted by Gasteiger charge is 2.28. The monoisotopic (exact) mass is 366 g/mol. The van der Waals surface area contributed by atoms with Crippen LogP contribution >= 0.6 is 0 Å². The first-order valence-corrected chi connectivity index (χ1v) is 9.60. The lowest BCUT2D eigenvalue weighted by molar-refractivity contribution is 0.103. The third kappa shape index (κ3) is 4.59. The maximum atomic E-state index is 13.4. The summed E-state index contributed by atoms with van der Waals surface area (Å²) in [6.45, 7) is 14.1. The molecule has 3 heteroatoms. The summed E-state index contributed by atoms with van der Waals surface area (Å²) in [6, 6.07) is 13.8. The molecular formula is C24H30O3. The highest BCUT2D eigenvalue weighted by molar-refractivity contribution is 6.12. The van der Waals surface area contributed by atoms with Gasteiger partial charge in [-0.1, -0.05) is 77.9 Å². The Hall–Kier alpha value is -2.13. The molecule has 144 valence electrons. The Morgan fingerprint density at radius 1 is 1.00 bits per heavy atom. The molecule has 0 radical (unpaired) electrons. The van der Waals surface area contributed by atoms with E-state index < -0.39 is 0 Å². The van der Waals surface area contributed by atoms with E-state index in [-0.39, 0.29) is 22.7 Å². The second kappa shape index (κ2) is 7.12. The summed E-state index contributed by atoms with van der Waals surface area (Å²) in [5.74, 6) is 0.649. The standard InChI is InChI=1S/C24H30O3/c1-23(2,3)17-12-10-16(11-13-17)22(25)21-19(24(4,5)6)8-7-9-20(21)27-15-18-14-26-18/h7-13,18H,14-15H2,1-6H3. The minimum atomic E-state index is -0.161. The second-order valence-corrected chi connectivity index (χ2v) is 9.35. The van der Waals surface area contributed by atoms with Gasteiger partial charge >= 0.3 is 0 Å². The average molecular weight is 367 g/mol. The molecule has 1 heterocycles. The molecule has 1 unspecified atom stereocenters. The van der Waals surface area contributed by atoms with Crippen molar-refractivity contribution in [3.05, 3.63) is 64.7 Å². The predicted octanol–water partition coefficient (Wildman–Crippen LogP) is 5.29. The molecule has 2 aromatic carbocycles. The Bertz CT molecular complexity index is 816. The van der Waals surface area contributed by atoms with Gasteiger partial charge in [0, 0.05) is 5.56 Å². The van der Waals surface area contributed by atoms with E-state index in [1.165, 1.54) is 5.56 Å². The van der Waals surface area contributed by atoms with Gasteiger partial charge in [0.1, 0.15) is 18.5 Å². The largest absolute Gasteiger partial charge is 0.490 e. The Morgan fingerprint density at radius 3 is 2.15 bits per heavy atom. The number of rotatable bonds is 5. The van der Waals surface area contributed by atoms with Gasteiger partial charge in [-0.25, -0.2) is 0 Å². The fourth-order valence-corrected chi connectivity index (χ4v) is 3.12. The molecule has 0 aromatic heterocycles. The van der Waals surface area contributed by atoms with Crippen LogP contribution in [-0.4, -0.2) is 25.1 Å². The number of carbonyl (C=O) groups is 1. The Kier molecular flexibility index (Phi) is 5.18. The van der Waals surface area contributed by atoms with Crippen LogP contribution in [0.1, 0.15) is 68.6 Å². The molecular weight excluding hydrogens is 336 g/mol. The molecule has 0 saturated carbocycles. The molecule has 1 atom stereocenters. The first-order chi connectivity index (χ1) is 12.6.